The Morgan fingerprint density at radius 1 is 1.39 bits per heavy atom. The van der Waals surface area contributed by atoms with Crippen LogP contribution in [0.4, 0.5) is 0 Å². The van der Waals surface area contributed by atoms with Crippen LogP contribution in [0.25, 0.3) is 0 Å². The van der Waals surface area contributed by atoms with Gasteiger partial charge in [-0.2, -0.15) is 0 Å². The van der Waals surface area contributed by atoms with E-state index in [9.17, 15) is 9.59 Å². The summed E-state index contributed by atoms with van der Waals surface area (Å²) in [7, 11) is 0. The van der Waals surface area contributed by atoms with Gasteiger partial charge in [-0.05, 0) is 19.3 Å². The molecule has 4 heteroatoms. The highest BCUT2D eigenvalue weighted by molar-refractivity contribution is 5.85. The summed E-state index contributed by atoms with van der Waals surface area (Å²) in [6.07, 6.45) is 10.7. The number of rotatable bonds is 5. The van der Waals surface area contributed by atoms with E-state index in [0.717, 1.165) is 6.42 Å². The molecule has 0 unspecified atom stereocenters. The van der Waals surface area contributed by atoms with Gasteiger partial charge in [-0.3, -0.25) is 9.59 Å². The van der Waals surface area contributed by atoms with Gasteiger partial charge in [-0.15, -0.1) is 6.42 Å². The molecule has 0 spiro atoms. The third kappa shape index (κ3) is 3.36. The number of hydrogen-bond donors (Lipinski definition) is 1. The van der Waals surface area contributed by atoms with E-state index in [0.29, 0.717) is 19.4 Å². The summed E-state index contributed by atoms with van der Waals surface area (Å²) in [6, 6.07) is 0. The fraction of sp³-hybridized carbons (Fsp3) is 0.571. The molecule has 0 aromatic rings. The van der Waals surface area contributed by atoms with Gasteiger partial charge in [0, 0.05) is 6.54 Å². The number of terminal acetylenes is 1. The zero-order chi connectivity index (χ0) is 13.5. The van der Waals surface area contributed by atoms with E-state index in [2.05, 4.69) is 5.92 Å². The molecule has 0 aliphatic heterocycles. The highest BCUT2D eigenvalue weighted by atomic mass is 16.4. The Morgan fingerprint density at radius 2 is 2.00 bits per heavy atom. The van der Waals surface area contributed by atoms with E-state index in [1.54, 1.807) is 4.90 Å². The normalized spacial score (nSPS) is 22.2. The van der Waals surface area contributed by atoms with Crippen LogP contribution in [0.1, 0.15) is 26.2 Å². The lowest BCUT2D eigenvalue weighted by Gasteiger charge is -2.29. The SMILES string of the molecule is C#CCN(CCC)C(=O)[C@@H]1CC=CC[C@@H]1C(=O)O. The van der Waals surface area contributed by atoms with E-state index in [-0.39, 0.29) is 12.5 Å². The van der Waals surface area contributed by atoms with Crippen molar-refractivity contribution >= 4 is 11.9 Å². The molecule has 0 saturated heterocycles. The van der Waals surface area contributed by atoms with Gasteiger partial charge in [0.1, 0.15) is 0 Å². The van der Waals surface area contributed by atoms with Crippen LogP contribution in [0.2, 0.25) is 0 Å². The van der Waals surface area contributed by atoms with Gasteiger partial charge in [0.25, 0.3) is 0 Å². The fourth-order valence-electron chi connectivity index (χ4n) is 2.24. The average molecular weight is 249 g/mol. The van der Waals surface area contributed by atoms with Gasteiger partial charge in [-0.25, -0.2) is 0 Å². The second kappa shape index (κ2) is 6.85. The molecule has 0 radical (unpaired) electrons. The van der Waals surface area contributed by atoms with Crippen LogP contribution in [-0.4, -0.2) is 35.0 Å². The van der Waals surface area contributed by atoms with E-state index in [4.69, 9.17) is 11.5 Å². The van der Waals surface area contributed by atoms with Gasteiger partial charge in [0.05, 0.1) is 18.4 Å². The second-order valence-corrected chi connectivity index (χ2v) is 4.46. The first-order valence-corrected chi connectivity index (χ1v) is 6.21. The second-order valence-electron chi connectivity index (χ2n) is 4.46. The van der Waals surface area contributed by atoms with Gasteiger partial charge >= 0.3 is 5.97 Å². The molecular weight excluding hydrogens is 230 g/mol. The van der Waals surface area contributed by atoms with E-state index < -0.39 is 17.8 Å². The topological polar surface area (TPSA) is 57.6 Å². The van der Waals surface area contributed by atoms with E-state index in [1.165, 1.54) is 0 Å². The zero-order valence-electron chi connectivity index (χ0n) is 10.6. The Balaban J connectivity index is 2.82. The lowest BCUT2D eigenvalue weighted by Crippen LogP contribution is -2.42. The minimum absolute atomic E-state index is 0.133. The molecular formula is C14H19NO3. The number of carboxylic acids is 1. The van der Waals surface area contributed by atoms with Crippen LogP contribution in [0, 0.1) is 24.2 Å². The first kappa shape index (κ1) is 14.3. The van der Waals surface area contributed by atoms with Crippen LogP contribution >= 0.6 is 0 Å². The number of nitrogens with zero attached hydrogens (tertiary/aromatic N) is 1. The fourth-order valence-corrected chi connectivity index (χ4v) is 2.24. The number of allylic oxidation sites excluding steroid dienone is 2. The summed E-state index contributed by atoms with van der Waals surface area (Å²) in [6.45, 7) is 2.79. The van der Waals surface area contributed by atoms with Crippen molar-refractivity contribution in [3.8, 4) is 12.3 Å². The summed E-state index contributed by atoms with van der Waals surface area (Å²) in [5.74, 6) is 0.311. The maximum atomic E-state index is 12.3. The molecule has 2 atom stereocenters. The van der Waals surface area contributed by atoms with Crippen molar-refractivity contribution in [3.05, 3.63) is 12.2 Å². The Bertz CT molecular complexity index is 381. The molecule has 4 nitrogen and oxygen atoms in total. The van der Waals surface area contributed by atoms with Crippen LogP contribution in [0.5, 0.6) is 0 Å². The molecule has 0 aromatic heterocycles. The molecule has 1 aliphatic carbocycles. The van der Waals surface area contributed by atoms with Crippen LogP contribution in [-0.2, 0) is 9.59 Å². The van der Waals surface area contributed by atoms with Gasteiger partial charge in [0.15, 0.2) is 0 Å². The van der Waals surface area contributed by atoms with E-state index >= 15 is 0 Å². The van der Waals surface area contributed by atoms with Crippen molar-refractivity contribution in [2.75, 3.05) is 13.1 Å². The number of carbonyl (C=O) groups excluding carboxylic acids is 1. The summed E-state index contributed by atoms with van der Waals surface area (Å²) in [5.41, 5.74) is 0. The number of amides is 1. The third-order valence-electron chi connectivity index (χ3n) is 3.15. The van der Waals surface area contributed by atoms with Crippen LogP contribution < -0.4 is 0 Å². The standard InChI is InChI=1S/C14H19NO3/c1-3-9-15(10-4-2)13(16)11-7-5-6-8-12(11)14(17)18/h1,5-6,11-12H,4,7-10H2,2H3,(H,17,18)/t11-,12+/m1/s1. The average Bonchev–Trinajstić information content (AvgIpc) is 2.37. The van der Waals surface area contributed by atoms with Crippen molar-refractivity contribution in [1.29, 1.82) is 0 Å². The summed E-state index contributed by atoms with van der Waals surface area (Å²) < 4.78 is 0. The van der Waals surface area contributed by atoms with Gasteiger partial charge in [-0.1, -0.05) is 25.0 Å². The number of carboxylic acid groups (broad SMARTS) is 1. The molecule has 0 heterocycles. The monoisotopic (exact) mass is 249 g/mol. The minimum atomic E-state index is -0.908. The predicted octanol–water partition coefficient (Wildman–Crippen LogP) is 1.53. The largest absolute Gasteiger partial charge is 0.481 e. The number of carbonyl (C=O) groups is 2. The maximum Gasteiger partial charge on any atom is 0.307 e. The predicted molar refractivity (Wildman–Crippen MR) is 68.7 cm³/mol. The number of aliphatic carboxylic acids is 1. The smallest absolute Gasteiger partial charge is 0.307 e. The van der Waals surface area contributed by atoms with E-state index in [1.807, 2.05) is 19.1 Å². The van der Waals surface area contributed by atoms with Crippen LogP contribution in [0.3, 0.4) is 0 Å². The van der Waals surface area contributed by atoms with Crippen LogP contribution in [0.15, 0.2) is 12.2 Å². The van der Waals surface area contributed by atoms with Gasteiger partial charge < -0.3 is 10.0 Å². The molecule has 1 rings (SSSR count). The molecule has 0 fully saturated rings. The van der Waals surface area contributed by atoms with Crippen molar-refractivity contribution in [2.24, 2.45) is 11.8 Å². The Labute approximate surface area is 108 Å². The first-order chi connectivity index (χ1) is 8.61. The Kier molecular flexibility index (Phi) is 5.44. The van der Waals surface area contributed by atoms with Crippen molar-refractivity contribution in [1.82, 2.24) is 4.90 Å². The molecule has 98 valence electrons. The summed E-state index contributed by atoms with van der Waals surface area (Å²) in [4.78, 5) is 25.1. The first-order valence-electron chi connectivity index (χ1n) is 6.21. The zero-order valence-corrected chi connectivity index (χ0v) is 10.6. The molecule has 1 aliphatic rings. The third-order valence-corrected chi connectivity index (χ3v) is 3.15. The van der Waals surface area contributed by atoms with Gasteiger partial charge in [0.2, 0.25) is 5.91 Å². The summed E-state index contributed by atoms with van der Waals surface area (Å²) in [5, 5.41) is 9.15. The molecule has 0 saturated carbocycles. The molecule has 1 N–H and O–H groups in total. The maximum absolute atomic E-state index is 12.3. The highest BCUT2D eigenvalue weighted by Crippen LogP contribution is 2.27. The Hall–Kier alpha value is -1.76. The molecule has 1 amide bonds. The molecule has 0 aromatic carbocycles. The summed E-state index contributed by atoms with van der Waals surface area (Å²) >= 11 is 0. The van der Waals surface area contributed by atoms with Crippen molar-refractivity contribution < 1.29 is 14.7 Å². The lowest BCUT2D eigenvalue weighted by atomic mass is 9.82. The van der Waals surface area contributed by atoms with Crippen molar-refractivity contribution in [3.63, 3.8) is 0 Å². The molecule has 0 bridgehead atoms. The van der Waals surface area contributed by atoms with Crippen molar-refractivity contribution in [2.45, 2.75) is 26.2 Å². The molecule has 18 heavy (non-hydrogen) atoms. The minimum Gasteiger partial charge on any atom is -0.481 e. The lowest BCUT2D eigenvalue weighted by molar-refractivity contribution is -0.150. The Morgan fingerprint density at radius 3 is 2.50 bits per heavy atom. The number of hydrogen-bond acceptors (Lipinski definition) is 2. The quantitative estimate of drug-likeness (QED) is 0.593. The highest BCUT2D eigenvalue weighted by Gasteiger charge is 2.35.